The first-order valence-electron chi connectivity index (χ1n) is 4.78. The molecule has 1 aliphatic rings. The summed E-state index contributed by atoms with van der Waals surface area (Å²) >= 11 is 6.07. The topological polar surface area (TPSA) is 12.0 Å². The molecule has 1 nitrogen and oxygen atoms in total. The average Bonchev–Trinajstić information content (AvgIpc) is 2.12. The third kappa shape index (κ3) is 1.53. The summed E-state index contributed by atoms with van der Waals surface area (Å²) in [5, 5.41) is 3.91. The van der Waals surface area contributed by atoms with E-state index >= 15 is 0 Å². The molecule has 76 valence electrons. The fraction of sp³-hybridized carbons (Fsp3) is 0.455. The molecule has 2 unspecified atom stereocenters. The van der Waals surface area contributed by atoms with E-state index in [1.807, 2.05) is 0 Å². The van der Waals surface area contributed by atoms with Gasteiger partial charge in [0.25, 0.3) is 0 Å². The van der Waals surface area contributed by atoms with Crippen molar-refractivity contribution in [2.24, 2.45) is 5.92 Å². The first-order valence-corrected chi connectivity index (χ1v) is 5.16. The van der Waals surface area contributed by atoms with E-state index in [4.69, 9.17) is 11.6 Å². The molecule has 0 bridgehead atoms. The van der Waals surface area contributed by atoms with Crippen molar-refractivity contribution >= 4 is 11.6 Å². The van der Waals surface area contributed by atoms with Gasteiger partial charge in [-0.1, -0.05) is 18.5 Å². The predicted molar refractivity (Wildman–Crippen MR) is 56.1 cm³/mol. The largest absolute Gasteiger partial charge is 0.309 e. The summed E-state index contributed by atoms with van der Waals surface area (Å²) in [5.41, 5.74) is 1.49. The normalized spacial score (nSPS) is 26.0. The fourth-order valence-electron chi connectivity index (χ4n) is 1.79. The molecule has 0 amide bonds. The van der Waals surface area contributed by atoms with Gasteiger partial charge in [0.2, 0.25) is 0 Å². The molecule has 14 heavy (non-hydrogen) atoms. The molecule has 0 aromatic heterocycles. The van der Waals surface area contributed by atoms with Crippen molar-refractivity contribution < 1.29 is 4.39 Å². The zero-order valence-corrected chi connectivity index (χ0v) is 9.03. The SMILES string of the molecule is Cc1cc(Cl)c(C2NCC2C)cc1F. The van der Waals surface area contributed by atoms with Crippen LogP contribution in [0.2, 0.25) is 5.02 Å². The van der Waals surface area contributed by atoms with Crippen LogP contribution in [0, 0.1) is 18.7 Å². The Labute approximate surface area is 88.3 Å². The van der Waals surface area contributed by atoms with E-state index in [0.29, 0.717) is 16.5 Å². The average molecular weight is 214 g/mol. The molecule has 1 aliphatic heterocycles. The molecule has 0 aliphatic carbocycles. The summed E-state index contributed by atoms with van der Waals surface area (Å²) in [6.45, 7) is 4.84. The Morgan fingerprint density at radius 2 is 2.21 bits per heavy atom. The number of hydrogen-bond donors (Lipinski definition) is 1. The Hall–Kier alpha value is -0.600. The van der Waals surface area contributed by atoms with Crippen LogP contribution in [0.4, 0.5) is 4.39 Å². The first-order chi connectivity index (χ1) is 6.59. The lowest BCUT2D eigenvalue weighted by molar-refractivity contribution is 0.258. The quantitative estimate of drug-likeness (QED) is 0.756. The maximum Gasteiger partial charge on any atom is 0.126 e. The number of nitrogens with one attached hydrogen (secondary N) is 1. The summed E-state index contributed by atoms with van der Waals surface area (Å²) in [5.74, 6) is 0.361. The van der Waals surface area contributed by atoms with E-state index in [1.165, 1.54) is 0 Å². The monoisotopic (exact) mass is 213 g/mol. The zero-order valence-electron chi connectivity index (χ0n) is 8.27. The Balaban J connectivity index is 2.38. The standard InChI is InChI=1S/C11H13ClFN/c1-6-3-9(12)8(4-10(6)13)11-7(2)5-14-11/h3-4,7,11,14H,5H2,1-2H3. The molecule has 0 saturated carbocycles. The first kappa shape index (κ1) is 9.94. The second kappa shape index (κ2) is 3.52. The van der Waals surface area contributed by atoms with Crippen molar-refractivity contribution in [3.05, 3.63) is 34.1 Å². The third-order valence-corrected chi connectivity index (χ3v) is 3.17. The molecule has 1 heterocycles. The van der Waals surface area contributed by atoms with Crippen LogP contribution in [-0.2, 0) is 0 Å². The van der Waals surface area contributed by atoms with Crippen LogP contribution in [0.5, 0.6) is 0 Å². The van der Waals surface area contributed by atoms with Gasteiger partial charge in [0.05, 0.1) is 0 Å². The van der Waals surface area contributed by atoms with Crippen LogP contribution in [0.3, 0.4) is 0 Å². The van der Waals surface area contributed by atoms with E-state index in [-0.39, 0.29) is 11.9 Å². The maximum atomic E-state index is 13.3. The molecular formula is C11H13ClFN. The fourth-order valence-corrected chi connectivity index (χ4v) is 2.12. The molecule has 1 fully saturated rings. The van der Waals surface area contributed by atoms with Crippen LogP contribution in [-0.4, -0.2) is 6.54 Å². The smallest absolute Gasteiger partial charge is 0.126 e. The summed E-state index contributed by atoms with van der Waals surface area (Å²) in [7, 11) is 0. The second-order valence-electron chi connectivity index (χ2n) is 3.99. The minimum absolute atomic E-state index is 0.176. The van der Waals surface area contributed by atoms with Crippen molar-refractivity contribution in [1.82, 2.24) is 5.32 Å². The number of hydrogen-bond acceptors (Lipinski definition) is 1. The van der Waals surface area contributed by atoms with Gasteiger partial charge >= 0.3 is 0 Å². The molecule has 3 heteroatoms. The van der Waals surface area contributed by atoms with Crippen LogP contribution >= 0.6 is 11.6 Å². The second-order valence-corrected chi connectivity index (χ2v) is 4.39. The van der Waals surface area contributed by atoms with Gasteiger partial charge in [-0.25, -0.2) is 4.39 Å². The van der Waals surface area contributed by atoms with Crippen LogP contribution in [0.25, 0.3) is 0 Å². The molecule has 2 atom stereocenters. The summed E-state index contributed by atoms with van der Waals surface area (Å²) in [6.07, 6.45) is 0. The Kier molecular flexibility index (Phi) is 2.50. The van der Waals surface area contributed by atoms with E-state index in [0.717, 1.165) is 12.1 Å². The van der Waals surface area contributed by atoms with E-state index in [1.54, 1.807) is 19.1 Å². The van der Waals surface area contributed by atoms with Crippen molar-refractivity contribution in [2.75, 3.05) is 6.54 Å². The predicted octanol–water partition coefficient (Wildman–Crippen LogP) is 3.07. The number of rotatable bonds is 1. The van der Waals surface area contributed by atoms with Gasteiger partial charge in [-0.15, -0.1) is 0 Å². The Morgan fingerprint density at radius 1 is 1.50 bits per heavy atom. The highest BCUT2D eigenvalue weighted by molar-refractivity contribution is 6.31. The van der Waals surface area contributed by atoms with Gasteiger partial charge in [-0.3, -0.25) is 0 Å². The number of benzene rings is 1. The number of aryl methyl sites for hydroxylation is 1. The molecule has 1 aromatic carbocycles. The molecular weight excluding hydrogens is 201 g/mol. The van der Waals surface area contributed by atoms with Crippen molar-refractivity contribution in [3.8, 4) is 0 Å². The Bertz CT molecular complexity index is 365. The van der Waals surface area contributed by atoms with Crippen LogP contribution < -0.4 is 5.32 Å². The summed E-state index contributed by atoms with van der Waals surface area (Å²) < 4.78 is 13.3. The minimum Gasteiger partial charge on any atom is -0.309 e. The van der Waals surface area contributed by atoms with E-state index < -0.39 is 0 Å². The van der Waals surface area contributed by atoms with Crippen LogP contribution in [0.15, 0.2) is 12.1 Å². The highest BCUT2D eigenvalue weighted by Gasteiger charge is 2.29. The van der Waals surface area contributed by atoms with Gasteiger partial charge in [-0.05, 0) is 36.1 Å². The highest BCUT2D eigenvalue weighted by atomic mass is 35.5. The van der Waals surface area contributed by atoms with Gasteiger partial charge in [0, 0.05) is 17.6 Å². The summed E-state index contributed by atoms with van der Waals surface area (Å²) in [6, 6.07) is 3.46. The van der Waals surface area contributed by atoms with Crippen molar-refractivity contribution in [1.29, 1.82) is 0 Å². The lowest BCUT2D eigenvalue weighted by Gasteiger charge is -2.36. The van der Waals surface area contributed by atoms with Gasteiger partial charge in [-0.2, -0.15) is 0 Å². The van der Waals surface area contributed by atoms with E-state index in [2.05, 4.69) is 12.2 Å². The molecule has 0 spiro atoms. The van der Waals surface area contributed by atoms with Crippen molar-refractivity contribution in [2.45, 2.75) is 19.9 Å². The molecule has 1 aromatic rings. The molecule has 1 saturated heterocycles. The van der Waals surface area contributed by atoms with Gasteiger partial charge in [0.15, 0.2) is 0 Å². The lowest BCUT2D eigenvalue weighted by atomic mass is 9.87. The summed E-state index contributed by atoms with van der Waals surface area (Å²) in [4.78, 5) is 0. The van der Waals surface area contributed by atoms with Gasteiger partial charge < -0.3 is 5.32 Å². The highest BCUT2D eigenvalue weighted by Crippen LogP contribution is 2.34. The third-order valence-electron chi connectivity index (χ3n) is 2.84. The van der Waals surface area contributed by atoms with Crippen molar-refractivity contribution in [3.63, 3.8) is 0 Å². The Morgan fingerprint density at radius 3 is 2.71 bits per heavy atom. The number of halogens is 2. The molecule has 2 rings (SSSR count). The molecule has 0 radical (unpaired) electrons. The maximum absolute atomic E-state index is 13.3. The van der Waals surface area contributed by atoms with Gasteiger partial charge in [0.1, 0.15) is 5.82 Å². The van der Waals surface area contributed by atoms with E-state index in [9.17, 15) is 4.39 Å². The van der Waals surface area contributed by atoms with Crippen LogP contribution in [0.1, 0.15) is 24.1 Å². The lowest BCUT2D eigenvalue weighted by Crippen LogP contribution is -2.44. The molecule has 1 N–H and O–H groups in total. The zero-order chi connectivity index (χ0) is 10.3. The minimum atomic E-state index is -0.176.